The first-order valence-corrected chi connectivity index (χ1v) is 9.58. The van der Waals surface area contributed by atoms with Crippen LogP contribution in [0.3, 0.4) is 0 Å². The van der Waals surface area contributed by atoms with Crippen molar-refractivity contribution in [3.63, 3.8) is 0 Å². The predicted molar refractivity (Wildman–Crippen MR) is 92.9 cm³/mol. The summed E-state index contributed by atoms with van der Waals surface area (Å²) in [6.07, 6.45) is 7.91. The van der Waals surface area contributed by atoms with Crippen LogP contribution in [-0.4, -0.2) is 11.8 Å². The zero-order valence-corrected chi connectivity index (χ0v) is 14.8. The van der Waals surface area contributed by atoms with Gasteiger partial charge in [-0.15, -0.1) is 11.3 Å². The number of fused-ring (bicyclic) bond motifs is 2. The highest BCUT2D eigenvalue weighted by molar-refractivity contribution is 7.17. The van der Waals surface area contributed by atoms with Gasteiger partial charge >= 0.3 is 0 Å². The minimum absolute atomic E-state index is 0.168. The van der Waals surface area contributed by atoms with Crippen molar-refractivity contribution in [2.24, 2.45) is 11.8 Å². The Morgan fingerprint density at radius 1 is 1.17 bits per heavy atom. The number of nitrogens with zero attached hydrogens (tertiary/aromatic N) is 2. The molecule has 124 valence electrons. The molecule has 0 spiro atoms. The van der Waals surface area contributed by atoms with Crippen molar-refractivity contribution in [3.8, 4) is 6.07 Å². The molecule has 2 amide bonds. The number of anilines is 1. The fourth-order valence-corrected chi connectivity index (χ4v) is 5.63. The van der Waals surface area contributed by atoms with E-state index in [2.05, 4.69) is 6.07 Å². The minimum atomic E-state index is -0.372. The summed E-state index contributed by atoms with van der Waals surface area (Å²) >= 11 is 7.54. The maximum absolute atomic E-state index is 12.9. The van der Waals surface area contributed by atoms with Crippen LogP contribution in [0.5, 0.6) is 0 Å². The normalized spacial score (nSPS) is 26.5. The first-order chi connectivity index (χ1) is 11.6. The number of amides is 2. The van der Waals surface area contributed by atoms with Gasteiger partial charge in [-0.3, -0.25) is 9.59 Å². The van der Waals surface area contributed by atoms with Crippen molar-refractivity contribution in [3.05, 3.63) is 27.1 Å². The van der Waals surface area contributed by atoms with Crippen molar-refractivity contribution in [1.82, 2.24) is 0 Å². The molecule has 24 heavy (non-hydrogen) atoms. The van der Waals surface area contributed by atoms with Crippen molar-refractivity contribution in [2.45, 2.75) is 44.9 Å². The lowest BCUT2D eigenvalue weighted by Crippen LogP contribution is -2.30. The third kappa shape index (κ3) is 2.32. The summed E-state index contributed by atoms with van der Waals surface area (Å²) in [5.41, 5.74) is 1.60. The average Bonchev–Trinajstić information content (AvgIpc) is 2.90. The maximum Gasteiger partial charge on any atom is 0.238 e. The highest BCUT2D eigenvalue weighted by Gasteiger charge is 2.50. The molecule has 3 aliphatic rings. The molecule has 0 N–H and O–H groups in total. The quantitative estimate of drug-likeness (QED) is 0.563. The summed E-state index contributed by atoms with van der Waals surface area (Å²) in [5, 5.41) is 10.9. The van der Waals surface area contributed by atoms with E-state index >= 15 is 0 Å². The first kappa shape index (κ1) is 15.9. The van der Waals surface area contributed by atoms with Crippen LogP contribution in [0, 0.1) is 23.2 Å². The Kier molecular flexibility index (Phi) is 3.98. The molecule has 1 aliphatic heterocycles. The molecule has 2 atom stereocenters. The van der Waals surface area contributed by atoms with Gasteiger partial charge in [-0.05, 0) is 44.1 Å². The van der Waals surface area contributed by atoms with Crippen LogP contribution in [0.15, 0.2) is 11.1 Å². The van der Waals surface area contributed by atoms with Gasteiger partial charge in [0.1, 0.15) is 11.1 Å². The van der Waals surface area contributed by atoms with E-state index in [-0.39, 0.29) is 23.7 Å². The van der Waals surface area contributed by atoms with Gasteiger partial charge in [0.2, 0.25) is 11.8 Å². The molecule has 2 unspecified atom stereocenters. The zero-order valence-electron chi connectivity index (χ0n) is 13.2. The van der Waals surface area contributed by atoms with Crippen LogP contribution in [0.25, 0.3) is 0 Å². The number of thiophene rings is 1. The second kappa shape index (κ2) is 6.02. The van der Waals surface area contributed by atoms with Crippen molar-refractivity contribution >= 4 is 39.8 Å². The Morgan fingerprint density at radius 2 is 1.92 bits per heavy atom. The zero-order chi connectivity index (χ0) is 16.8. The third-order valence-electron chi connectivity index (χ3n) is 5.29. The molecule has 6 heteroatoms. The van der Waals surface area contributed by atoms with Crippen LogP contribution in [-0.2, 0) is 22.4 Å². The number of rotatable bonds is 1. The lowest BCUT2D eigenvalue weighted by molar-refractivity contribution is -0.122. The van der Waals surface area contributed by atoms with E-state index in [4.69, 9.17) is 11.6 Å². The molecule has 1 saturated heterocycles. The molecule has 0 radical (unpaired) electrons. The van der Waals surface area contributed by atoms with E-state index in [0.717, 1.165) is 37.7 Å². The predicted octanol–water partition coefficient (Wildman–Crippen LogP) is 3.91. The monoisotopic (exact) mass is 360 g/mol. The van der Waals surface area contributed by atoms with E-state index in [1.807, 2.05) is 6.08 Å². The largest absolute Gasteiger partial charge is 0.274 e. The van der Waals surface area contributed by atoms with Crippen LogP contribution in [0.1, 0.15) is 48.1 Å². The van der Waals surface area contributed by atoms with Gasteiger partial charge in [-0.2, -0.15) is 5.26 Å². The molecule has 1 aromatic rings. The molecule has 4 nitrogen and oxygen atoms in total. The highest BCUT2D eigenvalue weighted by atomic mass is 35.5. The Hall–Kier alpha value is -1.64. The van der Waals surface area contributed by atoms with Crippen molar-refractivity contribution in [2.75, 3.05) is 4.90 Å². The summed E-state index contributed by atoms with van der Waals surface area (Å²) < 4.78 is 0. The standard InChI is InChI=1S/C18H17ClN2O2S/c19-10-6-7-12-13(8-10)17(23)21(16(12)22)18-14(9-20)11-4-2-1-3-5-15(11)24-18/h6,12-13H,1-5,7-8H2. The molecular formula is C18H17ClN2O2S. The molecular weight excluding hydrogens is 344 g/mol. The van der Waals surface area contributed by atoms with Crippen LogP contribution in [0.2, 0.25) is 0 Å². The highest BCUT2D eigenvalue weighted by Crippen LogP contribution is 2.46. The molecule has 1 fully saturated rings. The van der Waals surface area contributed by atoms with E-state index in [9.17, 15) is 14.9 Å². The molecule has 0 bridgehead atoms. The molecule has 2 aliphatic carbocycles. The smallest absolute Gasteiger partial charge is 0.238 e. The van der Waals surface area contributed by atoms with E-state index in [1.165, 1.54) is 21.1 Å². The second-order valence-electron chi connectivity index (χ2n) is 6.67. The summed E-state index contributed by atoms with van der Waals surface area (Å²) in [6, 6.07) is 2.26. The Bertz CT molecular complexity index is 805. The number of carbonyl (C=O) groups excluding carboxylic acids is 2. The number of halogens is 1. The van der Waals surface area contributed by atoms with Gasteiger partial charge in [0, 0.05) is 9.91 Å². The van der Waals surface area contributed by atoms with E-state index < -0.39 is 0 Å². The van der Waals surface area contributed by atoms with Crippen molar-refractivity contribution in [1.29, 1.82) is 5.26 Å². The minimum Gasteiger partial charge on any atom is -0.274 e. The SMILES string of the molecule is N#Cc1c(N2C(=O)C3CC=C(Cl)CC3C2=O)sc2c1CCCCC2. The molecule has 4 rings (SSSR count). The van der Waals surface area contributed by atoms with E-state index in [0.29, 0.717) is 28.4 Å². The fraction of sp³-hybridized carbons (Fsp3) is 0.500. The number of hydrogen-bond acceptors (Lipinski definition) is 4. The number of allylic oxidation sites excluding steroid dienone is 2. The van der Waals surface area contributed by atoms with Crippen LogP contribution < -0.4 is 4.90 Å². The van der Waals surface area contributed by atoms with Crippen molar-refractivity contribution < 1.29 is 9.59 Å². The lowest BCUT2D eigenvalue weighted by Gasteiger charge is -2.17. The van der Waals surface area contributed by atoms with Crippen LogP contribution >= 0.6 is 22.9 Å². The number of carbonyl (C=O) groups is 2. The Balaban J connectivity index is 1.76. The summed E-state index contributed by atoms with van der Waals surface area (Å²) in [7, 11) is 0. The van der Waals surface area contributed by atoms with Gasteiger partial charge in [0.25, 0.3) is 0 Å². The molecule has 1 aromatic heterocycles. The second-order valence-corrected chi connectivity index (χ2v) is 8.24. The molecule has 0 saturated carbocycles. The number of hydrogen-bond donors (Lipinski definition) is 0. The summed E-state index contributed by atoms with van der Waals surface area (Å²) in [5.74, 6) is -1.06. The molecule has 2 heterocycles. The summed E-state index contributed by atoms with van der Waals surface area (Å²) in [6.45, 7) is 0. The Labute approximate surface area is 149 Å². The maximum atomic E-state index is 12.9. The van der Waals surface area contributed by atoms with Gasteiger partial charge in [0.05, 0.1) is 17.4 Å². The Morgan fingerprint density at radius 3 is 2.71 bits per heavy atom. The van der Waals surface area contributed by atoms with Gasteiger partial charge < -0.3 is 0 Å². The number of aryl methyl sites for hydroxylation is 1. The average molecular weight is 361 g/mol. The van der Waals surface area contributed by atoms with Gasteiger partial charge in [-0.25, -0.2) is 4.90 Å². The van der Waals surface area contributed by atoms with Crippen LogP contribution in [0.4, 0.5) is 5.00 Å². The topological polar surface area (TPSA) is 61.2 Å². The number of nitriles is 1. The van der Waals surface area contributed by atoms with E-state index in [1.54, 1.807) is 0 Å². The lowest BCUT2D eigenvalue weighted by atomic mass is 9.85. The summed E-state index contributed by atoms with van der Waals surface area (Å²) in [4.78, 5) is 28.2. The third-order valence-corrected chi connectivity index (χ3v) is 6.87. The molecule has 0 aromatic carbocycles. The first-order valence-electron chi connectivity index (χ1n) is 8.38. The fourth-order valence-electron chi connectivity index (χ4n) is 4.03. The van der Waals surface area contributed by atoms with Gasteiger partial charge in [-0.1, -0.05) is 24.1 Å². The number of imide groups is 1. The van der Waals surface area contributed by atoms with Gasteiger partial charge in [0.15, 0.2) is 0 Å².